The van der Waals surface area contributed by atoms with Crippen LogP contribution in [-0.2, 0) is 4.79 Å². The van der Waals surface area contributed by atoms with E-state index in [1.807, 2.05) is 18.4 Å². The molecule has 0 aliphatic carbocycles. The lowest BCUT2D eigenvalue weighted by atomic mass is 9.92. The smallest absolute Gasteiger partial charge is 0.214 e. The molecule has 0 amide bonds. The predicted octanol–water partition coefficient (Wildman–Crippen LogP) is 2.76. The quantitative estimate of drug-likeness (QED) is 0.590. The van der Waals surface area contributed by atoms with Crippen molar-refractivity contribution in [2.24, 2.45) is 0 Å². The minimum Gasteiger partial charge on any atom is -0.293 e. The molecule has 0 bridgehead atoms. The molecule has 0 heterocycles. The average Bonchev–Trinajstić information content (AvgIpc) is 2.42. The first-order valence-corrected chi connectivity index (χ1v) is 5.35. The molecule has 1 atom stereocenters. The summed E-state index contributed by atoms with van der Waals surface area (Å²) in [5.41, 5.74) is 1.21. The van der Waals surface area contributed by atoms with Crippen LogP contribution in [0.2, 0.25) is 0 Å². The Labute approximate surface area is 99.9 Å². The van der Waals surface area contributed by atoms with Gasteiger partial charge in [-0.15, -0.1) is 0 Å². The molecular formula is C15H11O2. The van der Waals surface area contributed by atoms with Crippen molar-refractivity contribution in [3.63, 3.8) is 0 Å². The number of Topliss-reactive ketones (excluding diaryl/α,β-unsaturated/α-hetero) is 1. The first kappa shape index (κ1) is 11.3. The van der Waals surface area contributed by atoms with Crippen LogP contribution in [0.25, 0.3) is 0 Å². The lowest BCUT2D eigenvalue weighted by Crippen LogP contribution is -2.14. The molecular weight excluding hydrogens is 212 g/mol. The molecule has 2 nitrogen and oxygen atoms in total. The summed E-state index contributed by atoms with van der Waals surface area (Å²) in [6.45, 7) is 0. The summed E-state index contributed by atoms with van der Waals surface area (Å²) in [6, 6.07) is 17.8. The van der Waals surface area contributed by atoms with Crippen LogP contribution in [0.15, 0.2) is 60.7 Å². The van der Waals surface area contributed by atoms with Crippen LogP contribution < -0.4 is 0 Å². The number of hydrogen-bond acceptors (Lipinski definition) is 2. The third kappa shape index (κ3) is 2.48. The number of rotatable bonds is 4. The van der Waals surface area contributed by atoms with E-state index >= 15 is 0 Å². The number of carbonyl (C=O) groups is 1. The lowest BCUT2D eigenvalue weighted by Gasteiger charge is -2.08. The van der Waals surface area contributed by atoms with Gasteiger partial charge in [0.2, 0.25) is 6.29 Å². The topological polar surface area (TPSA) is 34.1 Å². The Kier molecular flexibility index (Phi) is 3.46. The molecule has 2 aromatic rings. The zero-order valence-corrected chi connectivity index (χ0v) is 9.17. The summed E-state index contributed by atoms with van der Waals surface area (Å²) in [7, 11) is 0. The van der Waals surface area contributed by atoms with Gasteiger partial charge in [-0.05, 0) is 5.56 Å². The molecule has 1 unspecified atom stereocenters. The van der Waals surface area contributed by atoms with E-state index in [0.717, 1.165) is 0 Å². The van der Waals surface area contributed by atoms with Gasteiger partial charge in [-0.3, -0.25) is 9.59 Å². The summed E-state index contributed by atoms with van der Waals surface area (Å²) in [5.74, 6) is -1.05. The third-order valence-electron chi connectivity index (χ3n) is 2.57. The molecule has 0 N–H and O–H groups in total. The summed E-state index contributed by atoms with van der Waals surface area (Å²) >= 11 is 0. The Balaban J connectivity index is 2.32. The second kappa shape index (κ2) is 5.21. The maximum Gasteiger partial charge on any atom is 0.214 e. The van der Waals surface area contributed by atoms with Gasteiger partial charge in [-0.1, -0.05) is 60.7 Å². The standard InChI is InChI=1S/C15H11O2/c16-11-14(12-7-3-1-4-8-12)15(17)13-9-5-2-6-10-13/h1-10,14H. The van der Waals surface area contributed by atoms with E-state index in [2.05, 4.69) is 0 Å². The fourth-order valence-electron chi connectivity index (χ4n) is 1.69. The summed E-state index contributed by atoms with van der Waals surface area (Å²) in [6.07, 6.45) is 1.82. The van der Waals surface area contributed by atoms with Gasteiger partial charge >= 0.3 is 0 Å². The highest BCUT2D eigenvalue weighted by Gasteiger charge is 2.21. The van der Waals surface area contributed by atoms with Crippen molar-refractivity contribution in [3.05, 3.63) is 71.8 Å². The van der Waals surface area contributed by atoms with E-state index in [1.165, 1.54) is 0 Å². The Morgan fingerprint density at radius 3 is 1.94 bits per heavy atom. The van der Waals surface area contributed by atoms with E-state index in [-0.39, 0.29) is 5.78 Å². The van der Waals surface area contributed by atoms with Crippen LogP contribution in [0.1, 0.15) is 21.8 Å². The molecule has 2 rings (SSSR count). The Bertz CT molecular complexity index is 503. The van der Waals surface area contributed by atoms with Crippen molar-refractivity contribution >= 4 is 12.1 Å². The number of benzene rings is 2. The van der Waals surface area contributed by atoms with Gasteiger partial charge in [0.15, 0.2) is 5.78 Å². The Morgan fingerprint density at radius 1 is 0.882 bits per heavy atom. The summed E-state index contributed by atoms with van der Waals surface area (Å²) in [4.78, 5) is 23.1. The zero-order valence-electron chi connectivity index (χ0n) is 9.17. The second-order valence-electron chi connectivity index (χ2n) is 3.69. The lowest BCUT2D eigenvalue weighted by molar-refractivity contribution is 0.0982. The largest absolute Gasteiger partial charge is 0.293 e. The minimum absolute atomic E-state index is 0.216. The van der Waals surface area contributed by atoms with Crippen LogP contribution in [0, 0.1) is 0 Å². The molecule has 0 saturated carbocycles. The average molecular weight is 223 g/mol. The van der Waals surface area contributed by atoms with Gasteiger partial charge in [0.25, 0.3) is 0 Å². The second-order valence-corrected chi connectivity index (χ2v) is 3.69. The van der Waals surface area contributed by atoms with Crippen LogP contribution in [0.4, 0.5) is 0 Å². The van der Waals surface area contributed by atoms with E-state index in [4.69, 9.17) is 0 Å². The molecule has 0 saturated heterocycles. The van der Waals surface area contributed by atoms with E-state index in [9.17, 15) is 9.59 Å². The summed E-state index contributed by atoms with van der Waals surface area (Å²) in [5, 5.41) is 0. The number of carbonyl (C=O) groups excluding carboxylic acids is 2. The maximum absolute atomic E-state index is 12.1. The van der Waals surface area contributed by atoms with Crippen molar-refractivity contribution in [1.29, 1.82) is 0 Å². The number of hydrogen-bond donors (Lipinski definition) is 0. The van der Waals surface area contributed by atoms with Crippen LogP contribution in [-0.4, -0.2) is 12.1 Å². The summed E-state index contributed by atoms with van der Waals surface area (Å²) < 4.78 is 0. The van der Waals surface area contributed by atoms with Gasteiger partial charge in [0.05, 0.1) is 0 Å². The fraction of sp³-hybridized carbons (Fsp3) is 0.0667. The predicted molar refractivity (Wildman–Crippen MR) is 65.6 cm³/mol. The van der Waals surface area contributed by atoms with Crippen molar-refractivity contribution in [3.8, 4) is 0 Å². The van der Waals surface area contributed by atoms with Crippen molar-refractivity contribution in [1.82, 2.24) is 0 Å². The van der Waals surface area contributed by atoms with Crippen LogP contribution in [0.3, 0.4) is 0 Å². The molecule has 83 valence electrons. The van der Waals surface area contributed by atoms with Gasteiger partial charge < -0.3 is 0 Å². The SMILES string of the molecule is O=[C]C(C(=O)c1ccccc1)c1ccccc1. The Morgan fingerprint density at radius 2 is 1.41 bits per heavy atom. The highest BCUT2D eigenvalue weighted by Crippen LogP contribution is 2.18. The molecule has 1 radical (unpaired) electrons. The first-order valence-electron chi connectivity index (χ1n) is 5.35. The normalized spacial score (nSPS) is 11.8. The van der Waals surface area contributed by atoms with Crippen LogP contribution in [0.5, 0.6) is 0 Å². The van der Waals surface area contributed by atoms with Gasteiger partial charge in [-0.25, -0.2) is 0 Å². The number of ketones is 1. The van der Waals surface area contributed by atoms with Crippen molar-refractivity contribution < 1.29 is 9.59 Å². The fourth-order valence-corrected chi connectivity index (χ4v) is 1.69. The van der Waals surface area contributed by atoms with Crippen molar-refractivity contribution in [2.45, 2.75) is 5.92 Å². The molecule has 2 heteroatoms. The first-order chi connectivity index (χ1) is 8.33. The molecule has 2 aromatic carbocycles. The minimum atomic E-state index is -0.835. The van der Waals surface area contributed by atoms with Crippen LogP contribution >= 0.6 is 0 Å². The maximum atomic E-state index is 12.1. The van der Waals surface area contributed by atoms with Gasteiger partial charge in [-0.2, -0.15) is 0 Å². The third-order valence-corrected chi connectivity index (χ3v) is 2.57. The zero-order chi connectivity index (χ0) is 12.1. The van der Waals surface area contributed by atoms with Gasteiger partial charge in [0, 0.05) is 5.56 Å². The van der Waals surface area contributed by atoms with E-state index < -0.39 is 5.92 Å². The Hall–Kier alpha value is -2.22. The monoisotopic (exact) mass is 223 g/mol. The molecule has 0 aliphatic rings. The molecule has 0 aliphatic heterocycles. The molecule has 0 spiro atoms. The highest BCUT2D eigenvalue weighted by atomic mass is 16.1. The van der Waals surface area contributed by atoms with Crippen molar-refractivity contribution in [2.75, 3.05) is 0 Å². The van der Waals surface area contributed by atoms with Gasteiger partial charge in [0.1, 0.15) is 5.92 Å². The molecule has 0 aromatic heterocycles. The highest BCUT2D eigenvalue weighted by molar-refractivity contribution is 6.09. The van der Waals surface area contributed by atoms with E-state index in [1.54, 1.807) is 48.5 Å². The van der Waals surface area contributed by atoms with E-state index in [0.29, 0.717) is 11.1 Å². The molecule has 17 heavy (non-hydrogen) atoms. The molecule has 0 fully saturated rings.